The van der Waals surface area contributed by atoms with Crippen LogP contribution in [0.25, 0.3) is 0 Å². The van der Waals surface area contributed by atoms with Gasteiger partial charge in [0.15, 0.2) is 0 Å². The van der Waals surface area contributed by atoms with E-state index in [4.69, 9.17) is 9.20 Å². The zero-order valence-electron chi connectivity index (χ0n) is 6.59. The van der Waals surface area contributed by atoms with Crippen LogP contribution in [0.3, 0.4) is 0 Å². The third-order valence-electron chi connectivity index (χ3n) is 1.57. The topological polar surface area (TPSA) is 54.1 Å². The average Bonchev–Trinajstić information content (AvgIpc) is 2.36. The normalized spacial score (nSPS) is 16.2. The summed E-state index contributed by atoms with van der Waals surface area (Å²) in [4.78, 5) is 0.528. The van der Waals surface area contributed by atoms with Crippen LogP contribution < -0.4 is 0 Å². The first kappa shape index (κ1) is 8.33. The molecule has 11 heavy (non-hydrogen) atoms. The zero-order valence-corrected chi connectivity index (χ0v) is 7.40. The van der Waals surface area contributed by atoms with E-state index < -0.39 is 9.73 Å². The summed E-state index contributed by atoms with van der Waals surface area (Å²) in [7, 11) is -2.58. The minimum Gasteiger partial charge on any atom is -0.468 e. The molecule has 1 N–H and O–H groups in total. The molecule has 0 aromatic carbocycles. The molecule has 62 valence electrons. The lowest BCUT2D eigenvalue weighted by atomic mass is 10.5. The van der Waals surface area contributed by atoms with Crippen LogP contribution in [0.4, 0.5) is 0 Å². The highest BCUT2D eigenvalue weighted by Gasteiger charge is 2.12. The Kier molecular flexibility index (Phi) is 2.04. The first-order valence-corrected chi connectivity index (χ1v) is 5.11. The predicted octanol–water partition coefficient (Wildman–Crippen LogP) is 2.01. The van der Waals surface area contributed by atoms with E-state index in [0.717, 1.165) is 0 Å². The minimum atomic E-state index is -2.58. The molecule has 0 saturated heterocycles. The Morgan fingerprint density at radius 1 is 1.73 bits per heavy atom. The summed E-state index contributed by atoms with van der Waals surface area (Å²) in [6.45, 7) is 3.46. The van der Waals surface area contributed by atoms with Gasteiger partial charge in [0.1, 0.15) is 5.76 Å². The number of hydrogen-bond acceptors (Lipinski definition) is 3. The molecule has 0 aliphatic rings. The highest BCUT2D eigenvalue weighted by Crippen LogP contribution is 2.17. The van der Waals surface area contributed by atoms with E-state index in [1.54, 1.807) is 19.9 Å². The fourth-order valence-corrected chi connectivity index (χ4v) is 1.97. The van der Waals surface area contributed by atoms with E-state index in [1.807, 2.05) is 0 Å². The molecule has 0 fully saturated rings. The van der Waals surface area contributed by atoms with Crippen LogP contribution in [-0.4, -0.2) is 9.96 Å². The first-order chi connectivity index (χ1) is 5.08. The summed E-state index contributed by atoms with van der Waals surface area (Å²) in [5, 5.41) is 0. The quantitative estimate of drug-likeness (QED) is 0.743. The minimum absolute atomic E-state index is 0.341. The zero-order chi connectivity index (χ0) is 8.48. The second-order valence-corrected chi connectivity index (χ2v) is 4.67. The number of rotatable bonds is 2. The molecule has 4 heteroatoms. The lowest BCUT2D eigenvalue weighted by Gasteiger charge is -2.00. The Balaban J connectivity index is 3.22. The smallest absolute Gasteiger partial charge is 0.117 e. The number of aryl methyl sites for hydroxylation is 1. The molecule has 0 spiro atoms. The van der Waals surface area contributed by atoms with Crippen molar-refractivity contribution in [1.29, 1.82) is 4.78 Å². The van der Waals surface area contributed by atoms with Gasteiger partial charge in [-0.1, -0.05) is 6.92 Å². The molecule has 0 radical (unpaired) electrons. The molecule has 0 bridgehead atoms. The van der Waals surface area contributed by atoms with Crippen LogP contribution in [0, 0.1) is 11.7 Å². The maximum Gasteiger partial charge on any atom is 0.117 e. The molecule has 0 aliphatic heterocycles. The van der Waals surface area contributed by atoms with Crippen LogP contribution in [0.2, 0.25) is 0 Å². The molecule has 1 aromatic heterocycles. The van der Waals surface area contributed by atoms with Crippen LogP contribution in [0.1, 0.15) is 12.7 Å². The van der Waals surface area contributed by atoms with Gasteiger partial charge in [0.25, 0.3) is 0 Å². The fourth-order valence-electron chi connectivity index (χ4n) is 0.871. The number of nitrogens with one attached hydrogen (secondary N) is 1. The van der Waals surface area contributed by atoms with Crippen molar-refractivity contribution in [3.8, 4) is 0 Å². The Labute approximate surface area is 66.4 Å². The van der Waals surface area contributed by atoms with Gasteiger partial charge in [-0.3, -0.25) is 0 Å². The Morgan fingerprint density at radius 3 is 2.73 bits per heavy atom. The summed E-state index contributed by atoms with van der Waals surface area (Å²) < 4.78 is 23.8. The van der Waals surface area contributed by atoms with Crippen LogP contribution in [0.5, 0.6) is 0 Å². The third kappa shape index (κ3) is 1.45. The van der Waals surface area contributed by atoms with Crippen LogP contribution in [0.15, 0.2) is 21.6 Å². The average molecular weight is 173 g/mol. The monoisotopic (exact) mass is 173 g/mol. The molecule has 1 heterocycles. The van der Waals surface area contributed by atoms with Crippen LogP contribution >= 0.6 is 0 Å². The lowest BCUT2D eigenvalue weighted by Crippen LogP contribution is -2.01. The molecule has 0 amide bonds. The van der Waals surface area contributed by atoms with Crippen molar-refractivity contribution < 1.29 is 8.63 Å². The summed E-state index contributed by atoms with van der Waals surface area (Å²) in [6.07, 6.45) is 1.47. The van der Waals surface area contributed by atoms with E-state index in [2.05, 4.69) is 0 Å². The largest absolute Gasteiger partial charge is 0.468 e. The summed E-state index contributed by atoms with van der Waals surface area (Å²) in [5.41, 5.74) is 0. The van der Waals surface area contributed by atoms with Crippen molar-refractivity contribution in [3.63, 3.8) is 0 Å². The van der Waals surface area contributed by atoms with Gasteiger partial charge in [0.05, 0.1) is 20.9 Å². The van der Waals surface area contributed by atoms with Crippen molar-refractivity contribution in [2.75, 3.05) is 5.75 Å². The van der Waals surface area contributed by atoms with Gasteiger partial charge >= 0.3 is 0 Å². The summed E-state index contributed by atoms with van der Waals surface area (Å²) in [6, 6.07) is 1.61. The van der Waals surface area contributed by atoms with Crippen molar-refractivity contribution in [3.05, 3.63) is 18.1 Å². The highest BCUT2D eigenvalue weighted by molar-refractivity contribution is 7.92. The van der Waals surface area contributed by atoms with Gasteiger partial charge in [-0.15, -0.1) is 0 Å². The van der Waals surface area contributed by atoms with E-state index in [0.29, 0.717) is 16.4 Å². The lowest BCUT2D eigenvalue weighted by molar-refractivity contribution is 0.525. The molecule has 1 aromatic rings. The second-order valence-electron chi connectivity index (χ2n) is 2.30. The van der Waals surface area contributed by atoms with E-state index >= 15 is 0 Å². The third-order valence-corrected chi connectivity index (χ3v) is 3.52. The second kappa shape index (κ2) is 2.70. The Bertz CT molecular complexity index is 337. The van der Waals surface area contributed by atoms with Crippen molar-refractivity contribution in [1.82, 2.24) is 0 Å². The van der Waals surface area contributed by atoms with E-state index in [1.165, 1.54) is 6.26 Å². The molecule has 3 nitrogen and oxygen atoms in total. The molecular weight excluding hydrogens is 162 g/mol. The van der Waals surface area contributed by atoms with Gasteiger partial charge in [-0.2, -0.15) is 0 Å². The molecule has 0 saturated carbocycles. The van der Waals surface area contributed by atoms with Gasteiger partial charge in [-0.05, 0) is 13.0 Å². The SMILES string of the molecule is CC[S@](=N)(=O)c1ccoc1C. The van der Waals surface area contributed by atoms with Gasteiger partial charge in [0, 0.05) is 5.75 Å². The Hall–Kier alpha value is -0.770. The molecular formula is C7H11NO2S. The van der Waals surface area contributed by atoms with E-state index in [9.17, 15) is 4.21 Å². The van der Waals surface area contributed by atoms with Crippen molar-refractivity contribution >= 4 is 9.73 Å². The van der Waals surface area contributed by atoms with E-state index in [-0.39, 0.29) is 0 Å². The van der Waals surface area contributed by atoms with Gasteiger partial charge in [-0.25, -0.2) is 8.99 Å². The Morgan fingerprint density at radius 2 is 2.36 bits per heavy atom. The maximum atomic E-state index is 11.4. The van der Waals surface area contributed by atoms with Gasteiger partial charge < -0.3 is 4.42 Å². The van der Waals surface area contributed by atoms with Crippen molar-refractivity contribution in [2.45, 2.75) is 18.7 Å². The highest BCUT2D eigenvalue weighted by atomic mass is 32.2. The number of hydrogen-bond donors (Lipinski definition) is 1. The molecule has 0 aliphatic carbocycles. The summed E-state index contributed by atoms with van der Waals surface area (Å²) in [5.74, 6) is 0.930. The molecule has 0 unspecified atom stereocenters. The van der Waals surface area contributed by atoms with Gasteiger partial charge in [0.2, 0.25) is 0 Å². The number of furan rings is 1. The maximum absolute atomic E-state index is 11.4. The predicted molar refractivity (Wildman–Crippen MR) is 43.1 cm³/mol. The fraction of sp³-hybridized carbons (Fsp3) is 0.429. The first-order valence-electron chi connectivity index (χ1n) is 3.38. The standard InChI is InChI=1S/C7H11NO2S/c1-3-11(8,9)7-4-5-10-6(7)2/h4-5,8H,3H2,1-2H3/t11-/m0/s1. The molecule has 1 rings (SSSR count). The molecule has 1 atom stereocenters. The van der Waals surface area contributed by atoms with Crippen molar-refractivity contribution in [2.24, 2.45) is 0 Å². The van der Waals surface area contributed by atoms with Crippen LogP contribution in [-0.2, 0) is 9.73 Å². The summed E-state index contributed by atoms with van der Waals surface area (Å²) >= 11 is 0.